The number of amides is 3. The van der Waals surface area contributed by atoms with E-state index in [1.807, 2.05) is 36.9 Å². The SMILES string of the molecule is Cc1cc(CN2CCSCC2)ccc1NC(=O)CNC(=O)N1CCc2ccccc2C1. The highest BCUT2D eigenvalue weighted by Crippen LogP contribution is 2.20. The van der Waals surface area contributed by atoms with Gasteiger partial charge in [-0.2, -0.15) is 11.8 Å². The molecule has 0 aliphatic carbocycles. The Hall–Kier alpha value is -2.51. The van der Waals surface area contributed by atoms with Crippen molar-refractivity contribution in [2.24, 2.45) is 0 Å². The molecule has 1 fully saturated rings. The summed E-state index contributed by atoms with van der Waals surface area (Å²) >= 11 is 2.01. The number of benzene rings is 2. The lowest BCUT2D eigenvalue weighted by Crippen LogP contribution is -2.45. The van der Waals surface area contributed by atoms with Gasteiger partial charge < -0.3 is 15.5 Å². The molecule has 2 N–H and O–H groups in total. The molecule has 0 unspecified atom stereocenters. The molecule has 2 aliphatic rings. The minimum absolute atomic E-state index is 0.0381. The highest BCUT2D eigenvalue weighted by atomic mass is 32.2. The van der Waals surface area contributed by atoms with Crippen LogP contribution in [0, 0.1) is 6.92 Å². The average molecular weight is 439 g/mol. The minimum atomic E-state index is -0.213. The zero-order valence-corrected chi connectivity index (χ0v) is 18.8. The molecule has 0 atom stereocenters. The van der Waals surface area contributed by atoms with Gasteiger partial charge in [0.2, 0.25) is 5.91 Å². The second kappa shape index (κ2) is 10.2. The summed E-state index contributed by atoms with van der Waals surface area (Å²) in [6.07, 6.45) is 0.845. The van der Waals surface area contributed by atoms with E-state index in [1.165, 1.54) is 28.2 Å². The smallest absolute Gasteiger partial charge is 0.318 e. The first-order valence-corrected chi connectivity index (χ1v) is 12.0. The number of carbonyl (C=O) groups excluding carboxylic acids is 2. The van der Waals surface area contributed by atoms with E-state index in [2.05, 4.69) is 39.8 Å². The first kappa shape index (κ1) is 21.7. The highest BCUT2D eigenvalue weighted by Gasteiger charge is 2.20. The predicted octanol–water partition coefficient (Wildman–Crippen LogP) is 3.25. The van der Waals surface area contributed by atoms with Crippen LogP contribution in [0.2, 0.25) is 0 Å². The summed E-state index contributed by atoms with van der Waals surface area (Å²) in [5, 5.41) is 5.68. The lowest BCUT2D eigenvalue weighted by atomic mass is 10.0. The fourth-order valence-electron chi connectivity index (χ4n) is 4.11. The Morgan fingerprint density at radius 3 is 2.58 bits per heavy atom. The third-order valence-corrected chi connectivity index (χ3v) is 6.84. The summed E-state index contributed by atoms with van der Waals surface area (Å²) in [6.45, 7) is 6.43. The number of nitrogens with zero attached hydrogens (tertiary/aromatic N) is 2. The normalized spacial score (nSPS) is 16.5. The van der Waals surface area contributed by atoms with Crippen LogP contribution in [0.25, 0.3) is 0 Å². The number of anilines is 1. The number of urea groups is 1. The lowest BCUT2D eigenvalue weighted by Gasteiger charge is -2.28. The lowest BCUT2D eigenvalue weighted by molar-refractivity contribution is -0.115. The molecule has 0 bridgehead atoms. The Balaban J connectivity index is 1.25. The first-order valence-electron chi connectivity index (χ1n) is 10.9. The molecule has 164 valence electrons. The van der Waals surface area contributed by atoms with Crippen molar-refractivity contribution >= 4 is 29.4 Å². The fraction of sp³-hybridized carbons (Fsp3) is 0.417. The standard InChI is InChI=1S/C24H30N4O2S/c1-18-14-19(16-27-10-12-31-13-11-27)6-7-22(18)26-23(29)15-25-24(30)28-9-8-20-4-2-3-5-21(20)17-28/h2-7,14H,8-13,15-17H2,1H3,(H,25,30)(H,26,29). The van der Waals surface area contributed by atoms with Crippen molar-refractivity contribution in [2.45, 2.75) is 26.4 Å². The summed E-state index contributed by atoms with van der Waals surface area (Å²) in [4.78, 5) is 29.1. The number of hydrogen-bond acceptors (Lipinski definition) is 4. The van der Waals surface area contributed by atoms with Gasteiger partial charge in [0.05, 0.1) is 6.54 Å². The second-order valence-electron chi connectivity index (χ2n) is 8.18. The topological polar surface area (TPSA) is 64.7 Å². The molecule has 1 saturated heterocycles. The van der Waals surface area contributed by atoms with Crippen LogP contribution < -0.4 is 10.6 Å². The van der Waals surface area contributed by atoms with Gasteiger partial charge in [0.25, 0.3) is 0 Å². The number of carbonyl (C=O) groups is 2. The Kier molecular flexibility index (Phi) is 7.14. The van der Waals surface area contributed by atoms with Crippen LogP contribution in [0.4, 0.5) is 10.5 Å². The number of thioether (sulfide) groups is 1. The second-order valence-corrected chi connectivity index (χ2v) is 9.41. The largest absolute Gasteiger partial charge is 0.329 e. The zero-order valence-electron chi connectivity index (χ0n) is 18.0. The van der Waals surface area contributed by atoms with Crippen molar-refractivity contribution in [2.75, 3.05) is 43.0 Å². The van der Waals surface area contributed by atoms with E-state index >= 15 is 0 Å². The molecule has 4 rings (SSSR count). The van der Waals surface area contributed by atoms with Gasteiger partial charge in [-0.1, -0.05) is 36.4 Å². The van der Waals surface area contributed by atoms with E-state index in [1.54, 1.807) is 4.90 Å². The quantitative estimate of drug-likeness (QED) is 0.752. The van der Waals surface area contributed by atoms with Gasteiger partial charge in [-0.05, 0) is 41.7 Å². The average Bonchev–Trinajstić information content (AvgIpc) is 2.79. The number of hydrogen-bond donors (Lipinski definition) is 2. The van der Waals surface area contributed by atoms with Crippen LogP contribution in [0.3, 0.4) is 0 Å². The molecule has 2 aliphatic heterocycles. The number of rotatable bonds is 5. The first-order chi connectivity index (χ1) is 15.1. The maximum Gasteiger partial charge on any atom is 0.318 e. The van der Waals surface area contributed by atoms with Crippen molar-refractivity contribution in [1.82, 2.24) is 15.1 Å². The Labute approximate surface area is 188 Å². The van der Waals surface area contributed by atoms with E-state index in [4.69, 9.17) is 0 Å². The Morgan fingerprint density at radius 2 is 1.81 bits per heavy atom. The van der Waals surface area contributed by atoms with E-state index in [0.717, 1.165) is 37.3 Å². The molecule has 0 spiro atoms. The van der Waals surface area contributed by atoms with Crippen molar-refractivity contribution in [3.8, 4) is 0 Å². The molecule has 3 amide bonds. The molecule has 7 heteroatoms. The van der Waals surface area contributed by atoms with Gasteiger partial charge in [-0.3, -0.25) is 9.69 Å². The van der Waals surface area contributed by atoms with Gasteiger partial charge >= 0.3 is 6.03 Å². The van der Waals surface area contributed by atoms with Gasteiger partial charge in [0, 0.05) is 49.9 Å². The van der Waals surface area contributed by atoms with Crippen LogP contribution in [0.1, 0.15) is 22.3 Å². The molecule has 2 heterocycles. The molecule has 31 heavy (non-hydrogen) atoms. The van der Waals surface area contributed by atoms with E-state index < -0.39 is 0 Å². The van der Waals surface area contributed by atoms with Crippen LogP contribution in [0.5, 0.6) is 0 Å². The monoisotopic (exact) mass is 438 g/mol. The van der Waals surface area contributed by atoms with Gasteiger partial charge in [-0.25, -0.2) is 4.79 Å². The van der Waals surface area contributed by atoms with Crippen molar-refractivity contribution in [3.05, 3.63) is 64.7 Å². The van der Waals surface area contributed by atoms with Gasteiger partial charge in [0.1, 0.15) is 0 Å². The van der Waals surface area contributed by atoms with E-state index in [9.17, 15) is 9.59 Å². The highest BCUT2D eigenvalue weighted by molar-refractivity contribution is 7.99. The van der Waals surface area contributed by atoms with Crippen LogP contribution >= 0.6 is 11.8 Å². The summed E-state index contributed by atoms with van der Waals surface area (Å²) in [5.41, 5.74) is 5.57. The third kappa shape index (κ3) is 5.80. The van der Waals surface area contributed by atoms with Crippen molar-refractivity contribution in [3.63, 3.8) is 0 Å². The molecule has 6 nitrogen and oxygen atoms in total. The summed E-state index contributed by atoms with van der Waals surface area (Å²) < 4.78 is 0. The van der Waals surface area contributed by atoms with E-state index in [-0.39, 0.29) is 18.5 Å². The van der Waals surface area contributed by atoms with Crippen molar-refractivity contribution in [1.29, 1.82) is 0 Å². The van der Waals surface area contributed by atoms with Crippen LogP contribution in [0.15, 0.2) is 42.5 Å². The van der Waals surface area contributed by atoms with Gasteiger partial charge in [-0.15, -0.1) is 0 Å². The zero-order chi connectivity index (χ0) is 21.6. The van der Waals surface area contributed by atoms with Crippen LogP contribution in [-0.2, 0) is 24.3 Å². The molecule has 0 radical (unpaired) electrons. The summed E-state index contributed by atoms with van der Waals surface area (Å²) in [6, 6.07) is 14.2. The maximum absolute atomic E-state index is 12.5. The number of aryl methyl sites for hydroxylation is 1. The third-order valence-electron chi connectivity index (χ3n) is 5.89. The van der Waals surface area contributed by atoms with Gasteiger partial charge in [0.15, 0.2) is 0 Å². The maximum atomic E-state index is 12.5. The molecular formula is C24H30N4O2S. The molecule has 0 aromatic heterocycles. The molecule has 0 saturated carbocycles. The summed E-state index contributed by atoms with van der Waals surface area (Å²) in [5.74, 6) is 2.18. The molecule has 2 aromatic rings. The fourth-order valence-corrected chi connectivity index (χ4v) is 5.09. The minimum Gasteiger partial charge on any atom is -0.329 e. The molecule has 2 aromatic carbocycles. The summed E-state index contributed by atoms with van der Waals surface area (Å²) in [7, 11) is 0. The number of nitrogens with one attached hydrogen (secondary N) is 2. The van der Waals surface area contributed by atoms with E-state index in [0.29, 0.717) is 13.1 Å². The predicted molar refractivity (Wildman–Crippen MR) is 126 cm³/mol. The Morgan fingerprint density at radius 1 is 1.03 bits per heavy atom. The van der Waals surface area contributed by atoms with Crippen LogP contribution in [-0.4, -0.2) is 59.4 Å². The number of fused-ring (bicyclic) bond motifs is 1. The Bertz CT molecular complexity index is 943. The molecular weight excluding hydrogens is 408 g/mol. The van der Waals surface area contributed by atoms with Crippen molar-refractivity contribution < 1.29 is 9.59 Å².